The summed E-state index contributed by atoms with van der Waals surface area (Å²) in [7, 11) is 0. The zero-order chi connectivity index (χ0) is 13.8. The highest BCUT2D eigenvalue weighted by atomic mass is 19.1. The summed E-state index contributed by atoms with van der Waals surface area (Å²) in [6.07, 6.45) is 0.493. The van der Waals surface area contributed by atoms with Gasteiger partial charge in [-0.3, -0.25) is 0 Å². The lowest BCUT2D eigenvalue weighted by atomic mass is 9.89. The SMILES string of the molecule is CCOC(C)(CC)C(O)Cc1cc(F)ccc1C. The van der Waals surface area contributed by atoms with E-state index in [1.807, 2.05) is 27.7 Å². The molecule has 0 saturated heterocycles. The second-order valence-corrected chi connectivity index (χ2v) is 4.89. The van der Waals surface area contributed by atoms with E-state index in [4.69, 9.17) is 4.74 Å². The van der Waals surface area contributed by atoms with Crippen molar-refractivity contribution in [1.29, 1.82) is 0 Å². The minimum Gasteiger partial charge on any atom is -0.390 e. The summed E-state index contributed by atoms with van der Waals surface area (Å²) < 4.78 is 18.9. The van der Waals surface area contributed by atoms with Crippen LogP contribution in [0.1, 0.15) is 38.3 Å². The summed E-state index contributed by atoms with van der Waals surface area (Å²) in [6.45, 7) is 8.27. The van der Waals surface area contributed by atoms with Crippen LogP contribution in [0, 0.1) is 12.7 Å². The van der Waals surface area contributed by atoms with Gasteiger partial charge >= 0.3 is 0 Å². The molecule has 1 aromatic carbocycles. The van der Waals surface area contributed by atoms with Crippen LogP contribution in [0.3, 0.4) is 0 Å². The fraction of sp³-hybridized carbons (Fsp3) is 0.600. The summed E-state index contributed by atoms with van der Waals surface area (Å²) in [5, 5.41) is 10.3. The smallest absolute Gasteiger partial charge is 0.123 e. The molecular weight excluding hydrogens is 231 g/mol. The molecule has 0 radical (unpaired) electrons. The lowest BCUT2D eigenvalue weighted by Crippen LogP contribution is -2.43. The zero-order valence-corrected chi connectivity index (χ0v) is 11.7. The van der Waals surface area contributed by atoms with Crippen molar-refractivity contribution in [3.8, 4) is 0 Å². The number of halogens is 1. The van der Waals surface area contributed by atoms with Crippen LogP contribution in [0.25, 0.3) is 0 Å². The van der Waals surface area contributed by atoms with E-state index >= 15 is 0 Å². The molecule has 2 nitrogen and oxygen atoms in total. The second-order valence-electron chi connectivity index (χ2n) is 4.89. The van der Waals surface area contributed by atoms with Gasteiger partial charge in [0.2, 0.25) is 0 Å². The maximum atomic E-state index is 13.2. The van der Waals surface area contributed by atoms with Crippen LogP contribution in [0.5, 0.6) is 0 Å². The molecule has 2 atom stereocenters. The number of aryl methyl sites for hydroxylation is 1. The fourth-order valence-corrected chi connectivity index (χ4v) is 2.05. The Morgan fingerprint density at radius 3 is 2.61 bits per heavy atom. The van der Waals surface area contributed by atoms with Crippen LogP contribution >= 0.6 is 0 Å². The minimum absolute atomic E-state index is 0.266. The van der Waals surface area contributed by atoms with E-state index in [-0.39, 0.29) is 5.82 Å². The van der Waals surface area contributed by atoms with Crippen LogP contribution < -0.4 is 0 Å². The Balaban J connectivity index is 2.85. The number of benzene rings is 1. The van der Waals surface area contributed by atoms with Crippen LogP contribution in [-0.2, 0) is 11.2 Å². The van der Waals surface area contributed by atoms with Crippen molar-refractivity contribution in [2.75, 3.05) is 6.61 Å². The van der Waals surface area contributed by atoms with Gasteiger partial charge in [-0.05, 0) is 50.5 Å². The lowest BCUT2D eigenvalue weighted by molar-refractivity contribution is -0.110. The monoisotopic (exact) mass is 254 g/mol. The second kappa shape index (κ2) is 6.30. The van der Waals surface area contributed by atoms with Gasteiger partial charge in [0.1, 0.15) is 5.82 Å². The van der Waals surface area contributed by atoms with Crippen molar-refractivity contribution >= 4 is 0 Å². The molecule has 3 heteroatoms. The first-order valence-electron chi connectivity index (χ1n) is 6.50. The molecule has 1 N–H and O–H groups in total. The molecule has 0 bridgehead atoms. The molecular formula is C15H23FO2. The largest absolute Gasteiger partial charge is 0.390 e. The van der Waals surface area contributed by atoms with Crippen molar-refractivity contribution < 1.29 is 14.2 Å². The van der Waals surface area contributed by atoms with E-state index < -0.39 is 11.7 Å². The van der Waals surface area contributed by atoms with Crippen molar-refractivity contribution in [2.45, 2.75) is 52.2 Å². The zero-order valence-electron chi connectivity index (χ0n) is 11.7. The van der Waals surface area contributed by atoms with Crippen molar-refractivity contribution in [3.05, 3.63) is 35.1 Å². The molecule has 102 valence electrons. The molecule has 1 aromatic rings. The third-order valence-corrected chi connectivity index (χ3v) is 3.61. The van der Waals surface area contributed by atoms with Crippen LogP contribution in [0.2, 0.25) is 0 Å². The molecule has 0 heterocycles. The quantitative estimate of drug-likeness (QED) is 0.844. The first kappa shape index (κ1) is 15.1. The normalized spacial score (nSPS) is 16.3. The summed E-state index contributed by atoms with van der Waals surface area (Å²) in [6, 6.07) is 4.66. The van der Waals surface area contributed by atoms with Crippen molar-refractivity contribution in [3.63, 3.8) is 0 Å². The fourth-order valence-electron chi connectivity index (χ4n) is 2.05. The molecule has 18 heavy (non-hydrogen) atoms. The summed E-state index contributed by atoms with van der Waals surface area (Å²) >= 11 is 0. The van der Waals surface area contributed by atoms with Gasteiger partial charge in [-0.2, -0.15) is 0 Å². The molecule has 0 amide bonds. The summed E-state index contributed by atoms with van der Waals surface area (Å²) in [5.74, 6) is -0.266. The van der Waals surface area contributed by atoms with Crippen LogP contribution in [0.4, 0.5) is 4.39 Å². The van der Waals surface area contributed by atoms with E-state index in [0.717, 1.165) is 17.5 Å². The Hall–Kier alpha value is -0.930. The van der Waals surface area contributed by atoms with E-state index in [2.05, 4.69) is 0 Å². The van der Waals surface area contributed by atoms with Gasteiger partial charge in [0.25, 0.3) is 0 Å². The average Bonchev–Trinajstić information content (AvgIpc) is 2.34. The van der Waals surface area contributed by atoms with Crippen molar-refractivity contribution in [1.82, 2.24) is 0 Å². The van der Waals surface area contributed by atoms with Gasteiger partial charge in [0.05, 0.1) is 11.7 Å². The van der Waals surface area contributed by atoms with Gasteiger partial charge in [-0.1, -0.05) is 13.0 Å². The topological polar surface area (TPSA) is 29.5 Å². The Morgan fingerprint density at radius 2 is 2.06 bits per heavy atom. The Bertz CT molecular complexity index is 392. The van der Waals surface area contributed by atoms with Gasteiger partial charge < -0.3 is 9.84 Å². The van der Waals surface area contributed by atoms with Crippen LogP contribution in [0.15, 0.2) is 18.2 Å². The van der Waals surface area contributed by atoms with E-state index in [1.54, 1.807) is 6.07 Å². The van der Waals surface area contributed by atoms with E-state index in [0.29, 0.717) is 13.0 Å². The van der Waals surface area contributed by atoms with E-state index in [1.165, 1.54) is 12.1 Å². The molecule has 0 aromatic heterocycles. The molecule has 1 rings (SSSR count). The molecule has 0 saturated carbocycles. The van der Waals surface area contributed by atoms with E-state index in [9.17, 15) is 9.50 Å². The number of hydrogen-bond donors (Lipinski definition) is 1. The van der Waals surface area contributed by atoms with Crippen LogP contribution in [-0.4, -0.2) is 23.4 Å². The minimum atomic E-state index is -0.636. The van der Waals surface area contributed by atoms with Gasteiger partial charge in [0, 0.05) is 13.0 Å². The number of hydrogen-bond acceptors (Lipinski definition) is 2. The first-order chi connectivity index (χ1) is 8.42. The molecule has 2 unspecified atom stereocenters. The molecule has 0 aliphatic rings. The van der Waals surface area contributed by atoms with Gasteiger partial charge in [-0.25, -0.2) is 4.39 Å². The first-order valence-corrected chi connectivity index (χ1v) is 6.50. The summed E-state index contributed by atoms with van der Waals surface area (Å²) in [5.41, 5.74) is 1.25. The number of rotatable bonds is 6. The summed E-state index contributed by atoms with van der Waals surface area (Å²) in [4.78, 5) is 0. The highest BCUT2D eigenvalue weighted by Crippen LogP contribution is 2.24. The Morgan fingerprint density at radius 1 is 1.39 bits per heavy atom. The highest BCUT2D eigenvalue weighted by molar-refractivity contribution is 5.27. The van der Waals surface area contributed by atoms with Gasteiger partial charge in [-0.15, -0.1) is 0 Å². The number of aliphatic hydroxyl groups excluding tert-OH is 1. The molecule has 0 fully saturated rings. The Labute approximate surface area is 109 Å². The lowest BCUT2D eigenvalue weighted by Gasteiger charge is -2.33. The molecule has 0 aliphatic carbocycles. The number of aliphatic hydroxyl groups is 1. The predicted molar refractivity (Wildman–Crippen MR) is 71.2 cm³/mol. The average molecular weight is 254 g/mol. The standard InChI is InChI=1S/C15H23FO2/c1-5-15(4,18-6-2)14(17)10-12-9-13(16)8-7-11(12)3/h7-9,14,17H,5-6,10H2,1-4H3. The maximum Gasteiger partial charge on any atom is 0.123 e. The molecule has 0 aliphatic heterocycles. The number of ether oxygens (including phenoxy) is 1. The highest BCUT2D eigenvalue weighted by Gasteiger charge is 2.32. The van der Waals surface area contributed by atoms with Gasteiger partial charge in [0.15, 0.2) is 0 Å². The van der Waals surface area contributed by atoms with Crippen molar-refractivity contribution in [2.24, 2.45) is 0 Å². The third kappa shape index (κ3) is 3.53. The molecule has 0 spiro atoms. The third-order valence-electron chi connectivity index (χ3n) is 3.61. The predicted octanol–water partition coefficient (Wildman–Crippen LogP) is 3.24. The Kier molecular flexibility index (Phi) is 5.29. The maximum absolute atomic E-state index is 13.2.